The highest BCUT2D eigenvalue weighted by molar-refractivity contribution is 9.10. The molecule has 1 aromatic heterocycles. The van der Waals surface area contributed by atoms with Crippen molar-refractivity contribution >= 4 is 33.9 Å². The van der Waals surface area contributed by atoms with Crippen LogP contribution in [0.2, 0.25) is 0 Å². The van der Waals surface area contributed by atoms with Crippen LogP contribution in [0.25, 0.3) is 6.08 Å². The van der Waals surface area contributed by atoms with E-state index in [-0.39, 0.29) is 0 Å². The molecule has 1 heterocycles. The minimum absolute atomic E-state index is 0.489. The number of benzene rings is 1. The predicted octanol–water partition coefficient (Wildman–Crippen LogP) is 3.00. The standard InChI is InChI=1S/C15H12BrNO4/c16-12-8-6-11(21-12)7-9-13(18)17-14(15(19)20)10-4-2-1-3-5-10/h1-9,14H,(H,17,18)(H,19,20)/b9-7+/t14-/m0/s1. The van der Waals surface area contributed by atoms with Gasteiger partial charge < -0.3 is 14.8 Å². The lowest BCUT2D eigenvalue weighted by molar-refractivity contribution is -0.141. The monoisotopic (exact) mass is 349 g/mol. The number of nitrogens with one attached hydrogen (secondary N) is 1. The summed E-state index contributed by atoms with van der Waals surface area (Å²) in [5.41, 5.74) is 0.507. The Hall–Kier alpha value is -2.34. The molecule has 0 fully saturated rings. The number of carboxylic acid groups (broad SMARTS) is 1. The number of halogens is 1. The van der Waals surface area contributed by atoms with E-state index in [4.69, 9.17) is 4.42 Å². The number of amides is 1. The van der Waals surface area contributed by atoms with Crippen LogP contribution >= 0.6 is 15.9 Å². The van der Waals surface area contributed by atoms with Crippen molar-refractivity contribution in [3.8, 4) is 0 Å². The van der Waals surface area contributed by atoms with Crippen LogP contribution in [0.5, 0.6) is 0 Å². The highest BCUT2D eigenvalue weighted by atomic mass is 79.9. The number of carbonyl (C=O) groups excluding carboxylic acids is 1. The van der Waals surface area contributed by atoms with E-state index >= 15 is 0 Å². The summed E-state index contributed by atoms with van der Waals surface area (Å²) in [6.07, 6.45) is 2.69. The molecule has 1 aromatic carbocycles. The second-order valence-electron chi connectivity index (χ2n) is 4.17. The van der Waals surface area contributed by atoms with Crippen LogP contribution in [0.15, 0.2) is 57.6 Å². The van der Waals surface area contributed by atoms with Crippen LogP contribution in [0, 0.1) is 0 Å². The highest BCUT2D eigenvalue weighted by Crippen LogP contribution is 2.15. The van der Waals surface area contributed by atoms with E-state index in [0.29, 0.717) is 16.0 Å². The van der Waals surface area contributed by atoms with Crippen molar-refractivity contribution in [3.05, 3.63) is 64.5 Å². The highest BCUT2D eigenvalue weighted by Gasteiger charge is 2.20. The molecule has 0 bridgehead atoms. The number of carbonyl (C=O) groups is 2. The van der Waals surface area contributed by atoms with Gasteiger partial charge in [0.05, 0.1) is 0 Å². The van der Waals surface area contributed by atoms with Gasteiger partial charge in [0.15, 0.2) is 10.7 Å². The Morgan fingerprint density at radius 1 is 1.19 bits per heavy atom. The normalized spacial score (nSPS) is 12.2. The molecule has 0 radical (unpaired) electrons. The molecule has 0 aliphatic rings. The maximum Gasteiger partial charge on any atom is 0.330 e. The van der Waals surface area contributed by atoms with E-state index in [9.17, 15) is 14.7 Å². The summed E-state index contributed by atoms with van der Waals surface area (Å²) in [5, 5.41) is 11.6. The Morgan fingerprint density at radius 2 is 1.90 bits per heavy atom. The summed E-state index contributed by atoms with van der Waals surface area (Å²) in [7, 11) is 0. The molecule has 6 heteroatoms. The third-order valence-electron chi connectivity index (χ3n) is 2.66. The molecule has 0 spiro atoms. The first-order valence-corrected chi connectivity index (χ1v) is 6.87. The Morgan fingerprint density at radius 3 is 2.48 bits per heavy atom. The van der Waals surface area contributed by atoms with Crippen molar-refractivity contribution in [1.82, 2.24) is 5.32 Å². The van der Waals surface area contributed by atoms with Crippen LogP contribution in [0.1, 0.15) is 17.4 Å². The molecule has 0 aliphatic carbocycles. The number of carboxylic acids is 1. The second kappa shape index (κ2) is 6.90. The molecule has 1 amide bonds. The SMILES string of the molecule is O=C(/C=C/c1ccc(Br)o1)N[C@H](C(=O)O)c1ccccc1. The van der Waals surface area contributed by atoms with Crippen LogP contribution in [0.3, 0.4) is 0 Å². The molecule has 0 unspecified atom stereocenters. The third kappa shape index (κ3) is 4.32. The number of hydrogen-bond acceptors (Lipinski definition) is 3. The number of furan rings is 1. The minimum Gasteiger partial charge on any atom is -0.479 e. The molecule has 0 saturated carbocycles. The summed E-state index contributed by atoms with van der Waals surface area (Å²) in [5.74, 6) is -1.15. The zero-order chi connectivity index (χ0) is 15.2. The fourth-order valence-corrected chi connectivity index (χ4v) is 2.02. The number of hydrogen-bond donors (Lipinski definition) is 2. The van der Waals surface area contributed by atoms with Crippen molar-refractivity contribution in [2.75, 3.05) is 0 Å². The van der Waals surface area contributed by atoms with Crippen LogP contribution in [0.4, 0.5) is 0 Å². The molecular formula is C15H12BrNO4. The van der Waals surface area contributed by atoms with Gasteiger partial charge in [-0.2, -0.15) is 0 Å². The van der Waals surface area contributed by atoms with Gasteiger partial charge in [0.1, 0.15) is 5.76 Å². The van der Waals surface area contributed by atoms with Crippen LogP contribution in [-0.4, -0.2) is 17.0 Å². The first-order valence-electron chi connectivity index (χ1n) is 6.08. The van der Waals surface area contributed by atoms with Gasteiger partial charge in [-0.05, 0) is 39.7 Å². The zero-order valence-corrected chi connectivity index (χ0v) is 12.4. The lowest BCUT2D eigenvalue weighted by atomic mass is 10.1. The Kier molecular flexibility index (Phi) is 4.94. The van der Waals surface area contributed by atoms with Gasteiger partial charge in [-0.3, -0.25) is 4.79 Å². The average Bonchev–Trinajstić information content (AvgIpc) is 2.89. The second-order valence-corrected chi connectivity index (χ2v) is 4.95. The van der Waals surface area contributed by atoms with E-state index in [1.54, 1.807) is 42.5 Å². The van der Waals surface area contributed by atoms with Crippen molar-refractivity contribution in [2.24, 2.45) is 0 Å². The van der Waals surface area contributed by atoms with Gasteiger partial charge in [-0.1, -0.05) is 30.3 Å². The van der Waals surface area contributed by atoms with Gasteiger partial charge in [-0.25, -0.2) is 4.79 Å². The first kappa shape index (κ1) is 15.1. The third-order valence-corrected chi connectivity index (χ3v) is 3.09. The Bertz CT molecular complexity index is 663. The van der Waals surface area contributed by atoms with Crippen LogP contribution < -0.4 is 5.32 Å². The van der Waals surface area contributed by atoms with E-state index in [1.165, 1.54) is 12.2 Å². The lowest BCUT2D eigenvalue weighted by Gasteiger charge is -2.13. The van der Waals surface area contributed by atoms with Gasteiger partial charge in [0.2, 0.25) is 5.91 Å². The van der Waals surface area contributed by atoms with Gasteiger partial charge >= 0.3 is 5.97 Å². The molecule has 108 valence electrons. The van der Waals surface area contributed by atoms with Crippen molar-refractivity contribution in [3.63, 3.8) is 0 Å². The summed E-state index contributed by atoms with van der Waals surface area (Å²) in [6, 6.07) is 10.8. The van der Waals surface area contributed by atoms with E-state index in [1.807, 2.05) is 0 Å². The smallest absolute Gasteiger partial charge is 0.330 e. The van der Waals surface area contributed by atoms with E-state index in [2.05, 4.69) is 21.2 Å². The van der Waals surface area contributed by atoms with E-state index < -0.39 is 17.9 Å². The van der Waals surface area contributed by atoms with E-state index in [0.717, 1.165) is 0 Å². The molecule has 2 N–H and O–H groups in total. The Labute approximate surface area is 129 Å². The molecule has 0 saturated heterocycles. The summed E-state index contributed by atoms with van der Waals surface area (Å²) in [4.78, 5) is 23.0. The van der Waals surface area contributed by atoms with Crippen molar-refractivity contribution < 1.29 is 19.1 Å². The minimum atomic E-state index is -1.12. The Balaban J connectivity index is 2.05. The zero-order valence-electron chi connectivity index (χ0n) is 10.8. The largest absolute Gasteiger partial charge is 0.479 e. The summed E-state index contributed by atoms with van der Waals surface area (Å²) >= 11 is 3.15. The number of aliphatic carboxylic acids is 1. The topological polar surface area (TPSA) is 79.5 Å². The van der Waals surface area contributed by atoms with Gasteiger partial charge in [0.25, 0.3) is 0 Å². The molecule has 5 nitrogen and oxygen atoms in total. The molecule has 1 atom stereocenters. The fourth-order valence-electron chi connectivity index (χ4n) is 1.70. The molecule has 21 heavy (non-hydrogen) atoms. The first-order chi connectivity index (χ1) is 10.1. The van der Waals surface area contributed by atoms with Crippen molar-refractivity contribution in [2.45, 2.75) is 6.04 Å². The maximum absolute atomic E-state index is 11.8. The number of rotatable bonds is 5. The summed E-state index contributed by atoms with van der Waals surface area (Å²) < 4.78 is 5.76. The summed E-state index contributed by atoms with van der Waals surface area (Å²) in [6.45, 7) is 0. The fraction of sp³-hybridized carbons (Fsp3) is 0.0667. The average molecular weight is 350 g/mol. The predicted molar refractivity (Wildman–Crippen MR) is 80.4 cm³/mol. The van der Waals surface area contributed by atoms with Gasteiger partial charge in [0, 0.05) is 6.08 Å². The molecule has 2 rings (SSSR count). The molecule has 0 aliphatic heterocycles. The lowest BCUT2D eigenvalue weighted by Crippen LogP contribution is -2.32. The quantitative estimate of drug-likeness (QED) is 0.813. The van der Waals surface area contributed by atoms with Crippen molar-refractivity contribution in [1.29, 1.82) is 0 Å². The maximum atomic E-state index is 11.8. The molecular weight excluding hydrogens is 338 g/mol. The molecule has 2 aromatic rings. The van der Waals surface area contributed by atoms with Gasteiger partial charge in [-0.15, -0.1) is 0 Å². The van der Waals surface area contributed by atoms with Crippen LogP contribution in [-0.2, 0) is 9.59 Å².